The Balaban J connectivity index is 3.04. The first-order valence-electron chi connectivity index (χ1n) is 4.73. The molecule has 0 aliphatic carbocycles. The minimum absolute atomic E-state index is 0.0519. The molecule has 0 saturated heterocycles. The number of nitrogens with zero attached hydrogens (tertiary/aromatic N) is 3. The summed E-state index contributed by atoms with van der Waals surface area (Å²) in [5.74, 6) is 0.312. The van der Waals surface area contributed by atoms with Gasteiger partial charge in [0, 0.05) is 0 Å². The van der Waals surface area contributed by atoms with Crippen molar-refractivity contribution in [2.75, 3.05) is 0 Å². The van der Waals surface area contributed by atoms with Crippen molar-refractivity contribution in [1.82, 2.24) is 15.0 Å². The van der Waals surface area contributed by atoms with E-state index in [0.29, 0.717) is 18.2 Å². The first-order valence-corrected chi connectivity index (χ1v) is 4.73. The zero-order valence-electron chi connectivity index (χ0n) is 8.99. The number of rotatable bonds is 4. The van der Waals surface area contributed by atoms with Gasteiger partial charge >= 0.3 is 0 Å². The van der Waals surface area contributed by atoms with E-state index in [2.05, 4.69) is 30.7 Å². The number of aliphatic hydroxyl groups is 1. The molecule has 0 bridgehead atoms. The van der Waals surface area contributed by atoms with Gasteiger partial charge in [0.25, 0.3) is 0 Å². The molecule has 0 amide bonds. The van der Waals surface area contributed by atoms with E-state index in [4.69, 9.17) is 5.11 Å². The Bertz CT molecular complexity index is 328. The lowest BCUT2D eigenvalue weighted by molar-refractivity contribution is 0.275. The third kappa shape index (κ3) is 2.20. The van der Waals surface area contributed by atoms with Gasteiger partial charge < -0.3 is 5.11 Å². The maximum atomic E-state index is 9.08. The summed E-state index contributed by atoms with van der Waals surface area (Å²) in [6.07, 6.45) is 0. The van der Waals surface area contributed by atoms with Crippen molar-refractivity contribution < 1.29 is 5.11 Å². The standard InChI is InChI=1S/C10H17N3O/c1-7(2)5-13-10(8(3)4)9(6-14)11-12-13/h8,14H,1,5-6H2,2-4H3. The molecule has 1 aromatic rings. The highest BCUT2D eigenvalue weighted by molar-refractivity contribution is 5.14. The van der Waals surface area contributed by atoms with E-state index in [1.54, 1.807) is 4.68 Å². The number of aliphatic hydroxyl groups excluding tert-OH is 1. The van der Waals surface area contributed by atoms with Gasteiger partial charge in [0.2, 0.25) is 0 Å². The van der Waals surface area contributed by atoms with E-state index >= 15 is 0 Å². The first-order chi connectivity index (χ1) is 6.56. The second-order valence-corrected chi connectivity index (χ2v) is 3.85. The third-order valence-electron chi connectivity index (χ3n) is 1.96. The van der Waals surface area contributed by atoms with Gasteiger partial charge in [-0.05, 0) is 12.8 Å². The van der Waals surface area contributed by atoms with Crippen LogP contribution in [-0.2, 0) is 13.2 Å². The third-order valence-corrected chi connectivity index (χ3v) is 1.96. The largest absolute Gasteiger partial charge is 0.390 e. The highest BCUT2D eigenvalue weighted by Gasteiger charge is 2.14. The zero-order chi connectivity index (χ0) is 10.7. The summed E-state index contributed by atoms with van der Waals surface area (Å²) in [7, 11) is 0. The highest BCUT2D eigenvalue weighted by Crippen LogP contribution is 2.18. The number of allylic oxidation sites excluding steroid dienone is 1. The number of aromatic nitrogens is 3. The highest BCUT2D eigenvalue weighted by atomic mass is 16.3. The van der Waals surface area contributed by atoms with Crippen molar-refractivity contribution in [3.63, 3.8) is 0 Å². The molecule has 0 fully saturated rings. The van der Waals surface area contributed by atoms with Gasteiger partial charge in [0.15, 0.2) is 0 Å². The van der Waals surface area contributed by atoms with Crippen molar-refractivity contribution in [3.8, 4) is 0 Å². The van der Waals surface area contributed by atoms with Crippen LogP contribution in [0.3, 0.4) is 0 Å². The number of hydrogen-bond donors (Lipinski definition) is 1. The molecule has 78 valence electrons. The minimum atomic E-state index is -0.0519. The predicted octanol–water partition coefficient (Wildman–Crippen LogP) is 1.47. The lowest BCUT2D eigenvalue weighted by Crippen LogP contribution is -2.08. The zero-order valence-corrected chi connectivity index (χ0v) is 8.99. The van der Waals surface area contributed by atoms with Crippen LogP contribution in [0.15, 0.2) is 12.2 Å². The predicted molar refractivity (Wildman–Crippen MR) is 54.8 cm³/mol. The van der Waals surface area contributed by atoms with Crippen LogP contribution in [0.4, 0.5) is 0 Å². The lowest BCUT2D eigenvalue weighted by atomic mass is 10.1. The summed E-state index contributed by atoms with van der Waals surface area (Å²) in [6, 6.07) is 0. The van der Waals surface area contributed by atoms with E-state index in [1.165, 1.54) is 0 Å². The van der Waals surface area contributed by atoms with E-state index in [1.807, 2.05) is 6.92 Å². The van der Waals surface area contributed by atoms with Crippen molar-refractivity contribution >= 4 is 0 Å². The SMILES string of the molecule is C=C(C)Cn1nnc(CO)c1C(C)C. The van der Waals surface area contributed by atoms with Crippen LogP contribution in [0.25, 0.3) is 0 Å². The fourth-order valence-electron chi connectivity index (χ4n) is 1.47. The fraction of sp³-hybridized carbons (Fsp3) is 0.600. The molecule has 1 N–H and O–H groups in total. The van der Waals surface area contributed by atoms with Crippen LogP contribution in [0.5, 0.6) is 0 Å². The first kappa shape index (κ1) is 10.9. The van der Waals surface area contributed by atoms with E-state index in [0.717, 1.165) is 11.3 Å². The van der Waals surface area contributed by atoms with Crippen LogP contribution in [0.1, 0.15) is 38.1 Å². The maximum absolute atomic E-state index is 9.08. The molecule has 14 heavy (non-hydrogen) atoms. The topological polar surface area (TPSA) is 50.9 Å². The molecule has 1 aromatic heterocycles. The molecular weight excluding hydrogens is 178 g/mol. The lowest BCUT2D eigenvalue weighted by Gasteiger charge is -2.09. The van der Waals surface area contributed by atoms with Gasteiger partial charge in [-0.1, -0.05) is 31.2 Å². The van der Waals surface area contributed by atoms with Crippen LogP contribution in [0.2, 0.25) is 0 Å². The van der Waals surface area contributed by atoms with E-state index < -0.39 is 0 Å². The Morgan fingerprint density at radius 3 is 2.64 bits per heavy atom. The Kier molecular flexibility index (Phi) is 3.41. The molecule has 0 spiro atoms. The van der Waals surface area contributed by atoms with Crippen molar-refractivity contribution in [1.29, 1.82) is 0 Å². The number of hydrogen-bond acceptors (Lipinski definition) is 3. The van der Waals surface area contributed by atoms with Crippen molar-refractivity contribution in [3.05, 3.63) is 23.5 Å². The van der Waals surface area contributed by atoms with E-state index in [-0.39, 0.29) is 6.61 Å². The van der Waals surface area contributed by atoms with Crippen LogP contribution in [-0.4, -0.2) is 20.1 Å². The summed E-state index contributed by atoms with van der Waals surface area (Å²) in [5, 5.41) is 17.0. The fourth-order valence-corrected chi connectivity index (χ4v) is 1.47. The van der Waals surface area contributed by atoms with Crippen LogP contribution in [0, 0.1) is 0 Å². The summed E-state index contributed by atoms with van der Waals surface area (Å²) >= 11 is 0. The molecule has 0 radical (unpaired) electrons. The minimum Gasteiger partial charge on any atom is -0.390 e. The molecule has 0 unspecified atom stereocenters. The monoisotopic (exact) mass is 195 g/mol. The molecule has 0 aliphatic rings. The second kappa shape index (κ2) is 4.37. The Hall–Kier alpha value is -1.16. The summed E-state index contributed by atoms with van der Waals surface area (Å²) < 4.78 is 1.80. The van der Waals surface area contributed by atoms with Crippen LogP contribution < -0.4 is 0 Å². The van der Waals surface area contributed by atoms with Gasteiger partial charge in [-0.2, -0.15) is 0 Å². The van der Waals surface area contributed by atoms with Crippen molar-refractivity contribution in [2.45, 2.75) is 39.8 Å². The molecule has 4 nitrogen and oxygen atoms in total. The maximum Gasteiger partial charge on any atom is 0.112 e. The van der Waals surface area contributed by atoms with Gasteiger partial charge in [0.1, 0.15) is 5.69 Å². The molecule has 1 heterocycles. The molecule has 0 saturated carbocycles. The van der Waals surface area contributed by atoms with Gasteiger partial charge in [-0.25, -0.2) is 4.68 Å². The molecule has 0 aromatic carbocycles. The summed E-state index contributed by atoms with van der Waals surface area (Å²) in [5.41, 5.74) is 2.69. The Labute approximate surface area is 84.3 Å². The summed E-state index contributed by atoms with van der Waals surface area (Å²) in [6.45, 7) is 10.5. The normalized spacial score (nSPS) is 10.9. The van der Waals surface area contributed by atoms with Gasteiger partial charge in [-0.15, -0.1) is 5.10 Å². The van der Waals surface area contributed by atoms with Gasteiger partial charge in [0.05, 0.1) is 18.8 Å². The van der Waals surface area contributed by atoms with Crippen LogP contribution >= 0.6 is 0 Å². The van der Waals surface area contributed by atoms with E-state index in [9.17, 15) is 0 Å². The molecule has 1 rings (SSSR count). The summed E-state index contributed by atoms with van der Waals surface area (Å²) in [4.78, 5) is 0. The Morgan fingerprint density at radius 1 is 1.57 bits per heavy atom. The second-order valence-electron chi connectivity index (χ2n) is 3.85. The molecular formula is C10H17N3O. The average molecular weight is 195 g/mol. The Morgan fingerprint density at radius 2 is 2.21 bits per heavy atom. The smallest absolute Gasteiger partial charge is 0.112 e. The van der Waals surface area contributed by atoms with Gasteiger partial charge in [-0.3, -0.25) is 0 Å². The molecule has 4 heteroatoms. The molecule has 0 aliphatic heterocycles. The van der Waals surface area contributed by atoms with Crippen molar-refractivity contribution in [2.24, 2.45) is 0 Å². The average Bonchev–Trinajstić information content (AvgIpc) is 2.46. The molecule has 0 atom stereocenters. The quantitative estimate of drug-likeness (QED) is 0.740.